The first-order chi connectivity index (χ1) is 9.76. The molecule has 1 saturated heterocycles. The smallest absolute Gasteiger partial charge is 0.190 e. The van der Waals surface area contributed by atoms with E-state index in [-0.39, 0.29) is 24.0 Å². The predicted molar refractivity (Wildman–Crippen MR) is 101 cm³/mol. The molecule has 1 heterocycles. The Morgan fingerprint density at radius 3 is 2.81 bits per heavy atom. The van der Waals surface area contributed by atoms with Gasteiger partial charge in [-0.05, 0) is 52.1 Å². The van der Waals surface area contributed by atoms with E-state index in [1.807, 2.05) is 14.0 Å². The van der Waals surface area contributed by atoms with Crippen LogP contribution in [0.25, 0.3) is 0 Å². The first kappa shape index (κ1) is 20.9. The van der Waals surface area contributed by atoms with Crippen LogP contribution in [0.1, 0.15) is 32.6 Å². The lowest BCUT2D eigenvalue weighted by molar-refractivity contribution is 0.143. The zero-order valence-corrected chi connectivity index (χ0v) is 16.2. The van der Waals surface area contributed by atoms with Gasteiger partial charge in [-0.15, -0.1) is 24.0 Å². The van der Waals surface area contributed by atoms with Crippen LogP contribution in [0.5, 0.6) is 0 Å². The average molecular weight is 412 g/mol. The van der Waals surface area contributed by atoms with Gasteiger partial charge in [-0.25, -0.2) is 0 Å². The first-order valence-corrected chi connectivity index (χ1v) is 7.97. The van der Waals surface area contributed by atoms with Crippen molar-refractivity contribution >= 4 is 29.9 Å². The van der Waals surface area contributed by atoms with Gasteiger partial charge >= 0.3 is 0 Å². The maximum Gasteiger partial charge on any atom is 0.190 e. The van der Waals surface area contributed by atoms with E-state index in [4.69, 9.17) is 4.74 Å². The van der Waals surface area contributed by atoms with Crippen molar-refractivity contribution in [3.63, 3.8) is 0 Å². The number of hydrogen-bond donors (Lipinski definition) is 2. The molecular weight excluding hydrogens is 379 g/mol. The summed E-state index contributed by atoms with van der Waals surface area (Å²) in [5.74, 6) is 1.67. The van der Waals surface area contributed by atoms with Gasteiger partial charge in [-0.1, -0.05) is 0 Å². The van der Waals surface area contributed by atoms with E-state index in [1.54, 1.807) is 0 Å². The maximum absolute atomic E-state index is 5.33. The van der Waals surface area contributed by atoms with Gasteiger partial charge in [0.15, 0.2) is 5.96 Å². The third-order valence-electron chi connectivity index (χ3n) is 3.72. The number of halogens is 1. The standard InChI is InChI=1S/C15H32N4O.HI/c1-4-20-11-6-5-9-17-15(16-2)18-12-14-8-7-10-19(3)13-14;/h14H,4-13H2,1-3H3,(H2,16,17,18);1H. The zero-order valence-electron chi connectivity index (χ0n) is 13.9. The fourth-order valence-corrected chi connectivity index (χ4v) is 2.58. The van der Waals surface area contributed by atoms with E-state index >= 15 is 0 Å². The highest BCUT2D eigenvalue weighted by molar-refractivity contribution is 14.0. The summed E-state index contributed by atoms with van der Waals surface area (Å²) in [5.41, 5.74) is 0. The van der Waals surface area contributed by atoms with Crippen LogP contribution in [0.4, 0.5) is 0 Å². The van der Waals surface area contributed by atoms with Crippen molar-refractivity contribution in [2.24, 2.45) is 10.9 Å². The summed E-state index contributed by atoms with van der Waals surface area (Å²) in [6, 6.07) is 0. The van der Waals surface area contributed by atoms with Gasteiger partial charge in [0.25, 0.3) is 0 Å². The molecule has 0 amide bonds. The van der Waals surface area contributed by atoms with Crippen LogP contribution in [-0.4, -0.2) is 64.3 Å². The summed E-state index contributed by atoms with van der Waals surface area (Å²) in [5, 5.41) is 6.81. The number of aliphatic imine (C=N–C) groups is 1. The number of likely N-dealkylation sites (tertiary alicyclic amines) is 1. The SMILES string of the molecule is CCOCCCCNC(=NC)NCC1CCCN(C)C1.I. The van der Waals surface area contributed by atoms with Crippen LogP contribution in [0.3, 0.4) is 0 Å². The number of ether oxygens (including phenoxy) is 1. The fraction of sp³-hybridized carbons (Fsp3) is 0.933. The summed E-state index contributed by atoms with van der Waals surface area (Å²) in [4.78, 5) is 6.69. The van der Waals surface area contributed by atoms with Crippen LogP contribution in [0, 0.1) is 5.92 Å². The Morgan fingerprint density at radius 1 is 1.33 bits per heavy atom. The molecule has 0 aliphatic carbocycles. The number of nitrogens with one attached hydrogen (secondary N) is 2. The Hall–Kier alpha value is -0.0800. The topological polar surface area (TPSA) is 48.9 Å². The van der Waals surface area contributed by atoms with Crippen LogP contribution in [0.2, 0.25) is 0 Å². The predicted octanol–water partition coefficient (Wildman–Crippen LogP) is 1.93. The van der Waals surface area contributed by atoms with Gasteiger partial charge in [0.1, 0.15) is 0 Å². The molecule has 2 N–H and O–H groups in total. The summed E-state index contributed by atoms with van der Waals surface area (Å²) in [7, 11) is 4.04. The largest absolute Gasteiger partial charge is 0.382 e. The molecule has 0 radical (unpaired) electrons. The molecular formula is C15H33IN4O. The average Bonchev–Trinajstić information content (AvgIpc) is 2.46. The van der Waals surface area contributed by atoms with E-state index in [9.17, 15) is 0 Å². The third kappa shape index (κ3) is 10.3. The van der Waals surface area contributed by atoms with Gasteiger partial charge in [0.05, 0.1) is 0 Å². The summed E-state index contributed by atoms with van der Waals surface area (Å²) in [6.45, 7) is 8.11. The van der Waals surface area contributed by atoms with Gasteiger partial charge in [0, 0.05) is 39.9 Å². The molecule has 1 fully saturated rings. The number of unbranched alkanes of at least 4 members (excludes halogenated alkanes) is 1. The highest BCUT2D eigenvalue weighted by atomic mass is 127. The molecule has 0 aromatic rings. The normalized spacial score (nSPS) is 20.0. The number of guanidine groups is 1. The number of hydrogen-bond acceptors (Lipinski definition) is 3. The Labute approximate surface area is 147 Å². The molecule has 0 bridgehead atoms. The highest BCUT2D eigenvalue weighted by Gasteiger charge is 2.16. The molecule has 0 spiro atoms. The molecule has 6 heteroatoms. The highest BCUT2D eigenvalue weighted by Crippen LogP contribution is 2.13. The summed E-state index contributed by atoms with van der Waals surface area (Å²) >= 11 is 0. The van der Waals surface area contributed by atoms with Crippen molar-refractivity contribution in [1.29, 1.82) is 0 Å². The third-order valence-corrected chi connectivity index (χ3v) is 3.72. The Bertz CT molecular complexity index is 276. The monoisotopic (exact) mass is 412 g/mol. The number of nitrogens with zero attached hydrogens (tertiary/aromatic N) is 2. The molecule has 1 aliphatic rings. The molecule has 21 heavy (non-hydrogen) atoms. The second-order valence-corrected chi connectivity index (χ2v) is 5.55. The molecule has 5 nitrogen and oxygen atoms in total. The molecule has 126 valence electrons. The van der Waals surface area contributed by atoms with E-state index in [0.29, 0.717) is 0 Å². The minimum absolute atomic E-state index is 0. The van der Waals surface area contributed by atoms with E-state index < -0.39 is 0 Å². The van der Waals surface area contributed by atoms with Gasteiger partial charge in [-0.3, -0.25) is 4.99 Å². The second kappa shape index (κ2) is 13.6. The Morgan fingerprint density at radius 2 is 2.14 bits per heavy atom. The molecule has 0 aromatic carbocycles. The Balaban J connectivity index is 0.00000400. The van der Waals surface area contributed by atoms with Crippen molar-refractivity contribution in [2.75, 3.05) is 53.5 Å². The lowest BCUT2D eigenvalue weighted by atomic mass is 9.99. The molecule has 1 atom stereocenters. The fourth-order valence-electron chi connectivity index (χ4n) is 2.58. The van der Waals surface area contributed by atoms with E-state index in [2.05, 4.69) is 27.6 Å². The molecule has 1 unspecified atom stereocenters. The minimum Gasteiger partial charge on any atom is -0.382 e. The van der Waals surface area contributed by atoms with Gasteiger partial charge < -0.3 is 20.3 Å². The molecule has 1 rings (SSSR count). The van der Waals surface area contributed by atoms with Crippen molar-refractivity contribution in [3.05, 3.63) is 0 Å². The lowest BCUT2D eigenvalue weighted by Gasteiger charge is -2.30. The molecule has 0 saturated carbocycles. The molecule has 1 aliphatic heterocycles. The van der Waals surface area contributed by atoms with Crippen molar-refractivity contribution in [1.82, 2.24) is 15.5 Å². The van der Waals surface area contributed by atoms with Crippen LogP contribution < -0.4 is 10.6 Å². The van der Waals surface area contributed by atoms with Crippen molar-refractivity contribution < 1.29 is 4.74 Å². The zero-order chi connectivity index (χ0) is 14.6. The van der Waals surface area contributed by atoms with Crippen LogP contribution >= 0.6 is 24.0 Å². The quantitative estimate of drug-likeness (QED) is 0.277. The summed E-state index contributed by atoms with van der Waals surface area (Å²) in [6.07, 6.45) is 4.85. The van der Waals surface area contributed by atoms with E-state index in [0.717, 1.165) is 51.0 Å². The second-order valence-electron chi connectivity index (χ2n) is 5.55. The first-order valence-electron chi connectivity index (χ1n) is 7.97. The lowest BCUT2D eigenvalue weighted by Crippen LogP contribution is -2.43. The van der Waals surface area contributed by atoms with E-state index in [1.165, 1.54) is 25.9 Å². The molecule has 0 aromatic heterocycles. The maximum atomic E-state index is 5.33. The minimum atomic E-state index is 0. The Kier molecular flexibility index (Phi) is 13.5. The van der Waals surface area contributed by atoms with Crippen molar-refractivity contribution in [2.45, 2.75) is 32.6 Å². The summed E-state index contributed by atoms with van der Waals surface area (Å²) < 4.78 is 5.33. The van der Waals surface area contributed by atoms with Crippen LogP contribution in [-0.2, 0) is 4.74 Å². The number of rotatable bonds is 8. The van der Waals surface area contributed by atoms with Crippen molar-refractivity contribution in [3.8, 4) is 0 Å². The van der Waals surface area contributed by atoms with Gasteiger partial charge in [-0.2, -0.15) is 0 Å². The van der Waals surface area contributed by atoms with Crippen LogP contribution in [0.15, 0.2) is 4.99 Å². The number of piperidine rings is 1. The van der Waals surface area contributed by atoms with Gasteiger partial charge in [0.2, 0.25) is 0 Å².